The summed E-state index contributed by atoms with van der Waals surface area (Å²) in [6.07, 6.45) is 2.35. The van der Waals surface area contributed by atoms with E-state index in [1.807, 2.05) is 31.2 Å². The van der Waals surface area contributed by atoms with Gasteiger partial charge in [0.05, 0.1) is 5.41 Å². The van der Waals surface area contributed by atoms with Crippen molar-refractivity contribution in [3.63, 3.8) is 0 Å². The third-order valence-electron chi connectivity index (χ3n) is 3.70. The van der Waals surface area contributed by atoms with Gasteiger partial charge in [0, 0.05) is 6.04 Å². The van der Waals surface area contributed by atoms with E-state index in [1.54, 1.807) is 0 Å². The van der Waals surface area contributed by atoms with Gasteiger partial charge in [0.1, 0.15) is 0 Å². The lowest BCUT2D eigenvalue weighted by Gasteiger charge is -2.42. The first-order valence-corrected chi connectivity index (χ1v) is 5.62. The average Bonchev–Trinajstić information content (AvgIpc) is 2.16. The van der Waals surface area contributed by atoms with Gasteiger partial charge in [0.25, 0.3) is 0 Å². The lowest BCUT2D eigenvalue weighted by molar-refractivity contribution is -0.156. The van der Waals surface area contributed by atoms with Gasteiger partial charge >= 0.3 is 5.97 Å². The summed E-state index contributed by atoms with van der Waals surface area (Å²) in [6, 6.07) is 7.43. The number of aliphatic carboxylic acids is 1. The maximum absolute atomic E-state index is 11.3. The monoisotopic (exact) mass is 219 g/mol. The van der Waals surface area contributed by atoms with E-state index in [-0.39, 0.29) is 6.04 Å². The lowest BCUT2D eigenvalue weighted by Crippen LogP contribution is -2.46. The van der Waals surface area contributed by atoms with Gasteiger partial charge in [-0.3, -0.25) is 4.79 Å². The molecule has 2 rings (SSSR count). The summed E-state index contributed by atoms with van der Waals surface area (Å²) >= 11 is 0. The summed E-state index contributed by atoms with van der Waals surface area (Å²) in [5.41, 5.74) is 7.46. The Morgan fingerprint density at radius 1 is 1.38 bits per heavy atom. The molecular formula is C13H17NO2. The standard InChI is InChI=1S/C13H17NO2/c1-9-3-5-10(6-4-9)11(14)13(12(15)16)7-2-8-13/h3-6,11H,2,7-8,14H2,1H3,(H,15,16). The fourth-order valence-corrected chi connectivity index (χ4v) is 2.31. The first-order chi connectivity index (χ1) is 7.56. The summed E-state index contributed by atoms with van der Waals surface area (Å²) < 4.78 is 0. The van der Waals surface area contributed by atoms with Crippen molar-refractivity contribution in [1.29, 1.82) is 0 Å². The van der Waals surface area contributed by atoms with E-state index in [2.05, 4.69) is 0 Å². The van der Waals surface area contributed by atoms with Crippen LogP contribution in [0.5, 0.6) is 0 Å². The van der Waals surface area contributed by atoms with Crippen LogP contribution in [-0.2, 0) is 4.79 Å². The first kappa shape index (κ1) is 11.1. The molecule has 3 nitrogen and oxygen atoms in total. The molecular weight excluding hydrogens is 202 g/mol. The highest BCUT2D eigenvalue weighted by molar-refractivity contribution is 5.77. The van der Waals surface area contributed by atoms with Crippen molar-refractivity contribution >= 4 is 5.97 Å². The second kappa shape index (κ2) is 3.91. The van der Waals surface area contributed by atoms with Gasteiger partial charge < -0.3 is 10.8 Å². The predicted molar refractivity (Wildman–Crippen MR) is 62.0 cm³/mol. The number of aryl methyl sites for hydroxylation is 1. The van der Waals surface area contributed by atoms with Gasteiger partial charge in [-0.1, -0.05) is 36.2 Å². The third-order valence-corrected chi connectivity index (χ3v) is 3.70. The third kappa shape index (κ3) is 1.61. The molecule has 1 aromatic carbocycles. The fourth-order valence-electron chi connectivity index (χ4n) is 2.31. The van der Waals surface area contributed by atoms with Gasteiger partial charge in [0.2, 0.25) is 0 Å². The van der Waals surface area contributed by atoms with Crippen molar-refractivity contribution < 1.29 is 9.90 Å². The number of nitrogens with two attached hydrogens (primary N) is 1. The molecule has 0 aromatic heterocycles. The van der Waals surface area contributed by atoms with Crippen LogP contribution in [0.25, 0.3) is 0 Å². The summed E-state index contributed by atoms with van der Waals surface area (Å²) in [6.45, 7) is 2.01. The van der Waals surface area contributed by atoms with E-state index in [9.17, 15) is 9.90 Å². The second-order valence-electron chi connectivity index (χ2n) is 4.70. The van der Waals surface area contributed by atoms with E-state index in [0.29, 0.717) is 12.8 Å². The zero-order valence-corrected chi connectivity index (χ0v) is 9.44. The SMILES string of the molecule is Cc1ccc(C(N)C2(C(=O)O)CCC2)cc1. The second-order valence-corrected chi connectivity index (χ2v) is 4.70. The Hall–Kier alpha value is -1.35. The molecule has 1 aromatic rings. The van der Waals surface area contributed by atoms with E-state index in [1.165, 1.54) is 0 Å². The molecule has 3 heteroatoms. The Morgan fingerprint density at radius 3 is 2.31 bits per heavy atom. The molecule has 0 radical (unpaired) electrons. The van der Waals surface area contributed by atoms with Crippen molar-refractivity contribution in [2.45, 2.75) is 32.2 Å². The van der Waals surface area contributed by atoms with Crippen LogP contribution in [0.3, 0.4) is 0 Å². The van der Waals surface area contributed by atoms with Crippen LogP contribution in [0.4, 0.5) is 0 Å². The summed E-state index contributed by atoms with van der Waals surface area (Å²) in [5.74, 6) is -0.758. The highest BCUT2D eigenvalue weighted by Gasteiger charge is 2.49. The molecule has 1 fully saturated rings. The fraction of sp³-hybridized carbons (Fsp3) is 0.462. The van der Waals surface area contributed by atoms with Crippen molar-refractivity contribution in [2.75, 3.05) is 0 Å². The summed E-state index contributed by atoms with van der Waals surface area (Å²) in [5, 5.41) is 9.29. The lowest BCUT2D eigenvalue weighted by atomic mass is 9.62. The van der Waals surface area contributed by atoms with Gasteiger partial charge in [-0.15, -0.1) is 0 Å². The molecule has 0 spiro atoms. The van der Waals surface area contributed by atoms with Crippen LogP contribution in [0, 0.1) is 12.3 Å². The molecule has 16 heavy (non-hydrogen) atoms. The molecule has 0 bridgehead atoms. The molecule has 0 saturated heterocycles. The largest absolute Gasteiger partial charge is 0.481 e. The Labute approximate surface area is 95.3 Å². The smallest absolute Gasteiger partial charge is 0.311 e. The van der Waals surface area contributed by atoms with Crippen LogP contribution in [0.2, 0.25) is 0 Å². The number of hydrogen-bond acceptors (Lipinski definition) is 2. The number of carboxylic acids is 1. The first-order valence-electron chi connectivity index (χ1n) is 5.62. The minimum absolute atomic E-state index is 0.389. The summed E-state index contributed by atoms with van der Waals surface area (Å²) in [7, 11) is 0. The van der Waals surface area contributed by atoms with E-state index >= 15 is 0 Å². The van der Waals surface area contributed by atoms with Crippen LogP contribution >= 0.6 is 0 Å². The number of benzene rings is 1. The zero-order valence-electron chi connectivity index (χ0n) is 9.44. The highest BCUT2D eigenvalue weighted by Crippen LogP contribution is 2.49. The van der Waals surface area contributed by atoms with Crippen molar-refractivity contribution in [2.24, 2.45) is 11.1 Å². The molecule has 1 saturated carbocycles. The molecule has 1 unspecified atom stereocenters. The van der Waals surface area contributed by atoms with Crippen LogP contribution in [0.1, 0.15) is 36.4 Å². The molecule has 0 aliphatic heterocycles. The van der Waals surface area contributed by atoms with E-state index in [0.717, 1.165) is 17.5 Å². The molecule has 0 heterocycles. The molecule has 1 atom stereocenters. The Morgan fingerprint density at radius 2 is 1.94 bits per heavy atom. The minimum atomic E-state index is -0.758. The van der Waals surface area contributed by atoms with Gasteiger partial charge in [-0.2, -0.15) is 0 Å². The quantitative estimate of drug-likeness (QED) is 0.819. The van der Waals surface area contributed by atoms with E-state index in [4.69, 9.17) is 5.73 Å². The average molecular weight is 219 g/mol. The number of carboxylic acid groups (broad SMARTS) is 1. The number of rotatable bonds is 3. The molecule has 1 aliphatic rings. The normalized spacial score (nSPS) is 19.9. The Kier molecular flexibility index (Phi) is 2.72. The molecule has 86 valence electrons. The topological polar surface area (TPSA) is 63.3 Å². The maximum Gasteiger partial charge on any atom is 0.311 e. The minimum Gasteiger partial charge on any atom is -0.481 e. The van der Waals surface area contributed by atoms with Crippen LogP contribution in [-0.4, -0.2) is 11.1 Å². The maximum atomic E-state index is 11.3. The van der Waals surface area contributed by atoms with Crippen molar-refractivity contribution in [3.05, 3.63) is 35.4 Å². The molecule has 1 aliphatic carbocycles. The zero-order chi connectivity index (χ0) is 11.8. The van der Waals surface area contributed by atoms with Crippen LogP contribution in [0.15, 0.2) is 24.3 Å². The Bertz CT molecular complexity index is 393. The Balaban J connectivity index is 2.27. The predicted octanol–water partition coefficient (Wildman–Crippen LogP) is 2.25. The number of hydrogen-bond donors (Lipinski definition) is 2. The summed E-state index contributed by atoms with van der Waals surface area (Å²) in [4.78, 5) is 11.3. The van der Waals surface area contributed by atoms with Gasteiger partial charge in [-0.25, -0.2) is 0 Å². The van der Waals surface area contributed by atoms with Crippen molar-refractivity contribution in [1.82, 2.24) is 0 Å². The van der Waals surface area contributed by atoms with E-state index < -0.39 is 11.4 Å². The van der Waals surface area contributed by atoms with Gasteiger partial charge in [-0.05, 0) is 25.3 Å². The van der Waals surface area contributed by atoms with Crippen LogP contribution < -0.4 is 5.73 Å². The molecule has 3 N–H and O–H groups in total. The number of carbonyl (C=O) groups is 1. The molecule has 0 amide bonds. The van der Waals surface area contributed by atoms with Crippen molar-refractivity contribution in [3.8, 4) is 0 Å². The highest BCUT2D eigenvalue weighted by atomic mass is 16.4. The van der Waals surface area contributed by atoms with Gasteiger partial charge in [0.15, 0.2) is 0 Å².